The van der Waals surface area contributed by atoms with Gasteiger partial charge in [-0.15, -0.1) is 0 Å². The van der Waals surface area contributed by atoms with Gasteiger partial charge in [0.2, 0.25) is 0 Å². The molecule has 18 heavy (non-hydrogen) atoms. The Labute approximate surface area is 107 Å². The summed E-state index contributed by atoms with van der Waals surface area (Å²) in [7, 11) is 0. The third kappa shape index (κ3) is 1.46. The van der Waals surface area contributed by atoms with E-state index < -0.39 is 0 Å². The second-order valence-electron chi connectivity index (χ2n) is 4.63. The predicted octanol–water partition coefficient (Wildman–Crippen LogP) is 4.24. The largest absolute Gasteiger partial charge is 0.339 e. The standard InChI is InChI=1S/C16H16N2/c1-4-18-15-8-6-5-7-12(15)13-9-14(11(2)3)17-10-16(13)18/h5-10H,2,4H2,1,3H3. The molecule has 90 valence electrons. The van der Waals surface area contributed by atoms with E-state index in [1.165, 1.54) is 21.8 Å². The molecule has 0 N–H and O–H groups in total. The Balaban J connectivity index is 2.48. The average Bonchev–Trinajstić information content (AvgIpc) is 2.71. The summed E-state index contributed by atoms with van der Waals surface area (Å²) < 4.78 is 2.31. The summed E-state index contributed by atoms with van der Waals surface area (Å²) in [6.07, 6.45) is 1.96. The number of aromatic nitrogens is 2. The zero-order valence-electron chi connectivity index (χ0n) is 10.8. The minimum absolute atomic E-state index is 0.956. The molecule has 0 unspecified atom stereocenters. The number of hydrogen-bond donors (Lipinski definition) is 0. The average molecular weight is 236 g/mol. The van der Waals surface area contributed by atoms with Gasteiger partial charge in [0, 0.05) is 22.8 Å². The summed E-state index contributed by atoms with van der Waals surface area (Å²) in [4.78, 5) is 4.49. The fraction of sp³-hybridized carbons (Fsp3) is 0.188. The second-order valence-corrected chi connectivity index (χ2v) is 4.63. The van der Waals surface area contributed by atoms with Gasteiger partial charge in [-0.3, -0.25) is 4.98 Å². The Hall–Kier alpha value is -2.09. The predicted molar refractivity (Wildman–Crippen MR) is 77.6 cm³/mol. The second kappa shape index (κ2) is 3.98. The summed E-state index contributed by atoms with van der Waals surface area (Å²) in [5, 5.41) is 2.56. The van der Waals surface area contributed by atoms with Gasteiger partial charge >= 0.3 is 0 Å². The van der Waals surface area contributed by atoms with Crippen molar-refractivity contribution in [3.63, 3.8) is 0 Å². The van der Waals surface area contributed by atoms with Gasteiger partial charge in [0.15, 0.2) is 0 Å². The molecule has 2 nitrogen and oxygen atoms in total. The van der Waals surface area contributed by atoms with Crippen LogP contribution in [0.25, 0.3) is 27.4 Å². The van der Waals surface area contributed by atoms with Crippen molar-refractivity contribution < 1.29 is 0 Å². The Kier molecular flexibility index (Phi) is 2.44. The van der Waals surface area contributed by atoms with Crippen molar-refractivity contribution >= 4 is 27.4 Å². The molecular weight excluding hydrogens is 220 g/mol. The van der Waals surface area contributed by atoms with Crippen LogP contribution in [0.2, 0.25) is 0 Å². The van der Waals surface area contributed by atoms with E-state index in [2.05, 4.69) is 53.4 Å². The summed E-state index contributed by atoms with van der Waals surface area (Å²) in [6.45, 7) is 9.08. The van der Waals surface area contributed by atoms with Gasteiger partial charge in [0.25, 0.3) is 0 Å². The van der Waals surface area contributed by atoms with Crippen molar-refractivity contribution in [1.29, 1.82) is 0 Å². The molecule has 0 radical (unpaired) electrons. The van der Waals surface area contributed by atoms with Gasteiger partial charge in [-0.1, -0.05) is 24.8 Å². The third-order valence-electron chi connectivity index (χ3n) is 3.41. The van der Waals surface area contributed by atoms with Gasteiger partial charge in [0.1, 0.15) is 0 Å². The molecule has 0 aliphatic heterocycles. The number of para-hydroxylation sites is 1. The van der Waals surface area contributed by atoms with Crippen molar-refractivity contribution in [2.45, 2.75) is 20.4 Å². The lowest BCUT2D eigenvalue weighted by molar-refractivity contribution is 0.825. The van der Waals surface area contributed by atoms with E-state index in [1.54, 1.807) is 0 Å². The van der Waals surface area contributed by atoms with Crippen molar-refractivity contribution in [2.75, 3.05) is 0 Å². The smallest absolute Gasteiger partial charge is 0.0678 e. The van der Waals surface area contributed by atoms with Gasteiger partial charge in [-0.25, -0.2) is 0 Å². The summed E-state index contributed by atoms with van der Waals surface area (Å²) in [5.74, 6) is 0. The van der Waals surface area contributed by atoms with Crippen LogP contribution in [0.1, 0.15) is 19.5 Å². The van der Waals surface area contributed by atoms with Crippen molar-refractivity contribution in [3.05, 3.63) is 48.8 Å². The van der Waals surface area contributed by atoms with E-state index in [9.17, 15) is 0 Å². The lowest BCUT2D eigenvalue weighted by atomic mass is 10.1. The van der Waals surface area contributed by atoms with Crippen molar-refractivity contribution in [1.82, 2.24) is 9.55 Å². The molecule has 0 bridgehead atoms. The van der Waals surface area contributed by atoms with Crippen LogP contribution in [0.5, 0.6) is 0 Å². The highest BCUT2D eigenvalue weighted by Gasteiger charge is 2.10. The molecule has 0 aliphatic rings. The molecule has 0 saturated heterocycles. The van der Waals surface area contributed by atoms with Gasteiger partial charge in [-0.2, -0.15) is 0 Å². The fourth-order valence-corrected chi connectivity index (χ4v) is 2.52. The highest BCUT2D eigenvalue weighted by atomic mass is 15.0. The molecule has 0 spiro atoms. The van der Waals surface area contributed by atoms with Crippen LogP contribution in [0.4, 0.5) is 0 Å². The molecule has 1 aromatic carbocycles. The lowest BCUT2D eigenvalue weighted by Crippen LogP contribution is -1.93. The molecule has 0 atom stereocenters. The maximum Gasteiger partial charge on any atom is 0.0678 e. The normalized spacial score (nSPS) is 11.2. The monoisotopic (exact) mass is 236 g/mol. The topological polar surface area (TPSA) is 17.8 Å². The van der Waals surface area contributed by atoms with Crippen LogP contribution in [-0.4, -0.2) is 9.55 Å². The first-order valence-electron chi connectivity index (χ1n) is 6.25. The molecule has 0 fully saturated rings. The number of benzene rings is 1. The fourth-order valence-electron chi connectivity index (χ4n) is 2.52. The van der Waals surface area contributed by atoms with E-state index in [1.807, 2.05) is 13.1 Å². The first-order chi connectivity index (χ1) is 8.72. The summed E-state index contributed by atoms with van der Waals surface area (Å²) in [5.41, 5.74) is 4.45. The Bertz CT molecular complexity index is 750. The number of rotatable bonds is 2. The van der Waals surface area contributed by atoms with Gasteiger partial charge in [-0.05, 0) is 31.6 Å². The molecule has 2 heteroatoms. The van der Waals surface area contributed by atoms with E-state index >= 15 is 0 Å². The summed E-state index contributed by atoms with van der Waals surface area (Å²) in [6, 6.07) is 10.7. The lowest BCUT2D eigenvalue weighted by Gasteiger charge is -2.03. The highest BCUT2D eigenvalue weighted by molar-refractivity contribution is 6.08. The zero-order valence-corrected chi connectivity index (χ0v) is 10.8. The number of aryl methyl sites for hydroxylation is 1. The minimum atomic E-state index is 0.956. The number of allylic oxidation sites excluding steroid dienone is 1. The molecule has 3 aromatic rings. The summed E-state index contributed by atoms with van der Waals surface area (Å²) >= 11 is 0. The van der Waals surface area contributed by atoms with Gasteiger partial charge in [0.05, 0.1) is 17.4 Å². The highest BCUT2D eigenvalue weighted by Crippen LogP contribution is 2.29. The van der Waals surface area contributed by atoms with Crippen LogP contribution in [0, 0.1) is 0 Å². The number of hydrogen-bond acceptors (Lipinski definition) is 1. The zero-order chi connectivity index (χ0) is 12.7. The SMILES string of the molecule is C=C(C)c1cc2c3ccccc3n(CC)c2cn1. The quantitative estimate of drug-likeness (QED) is 0.650. The minimum Gasteiger partial charge on any atom is -0.339 e. The maximum atomic E-state index is 4.49. The Morgan fingerprint density at radius 2 is 2.00 bits per heavy atom. The third-order valence-corrected chi connectivity index (χ3v) is 3.41. The van der Waals surface area contributed by atoms with Gasteiger partial charge < -0.3 is 4.57 Å². The van der Waals surface area contributed by atoms with E-state index in [-0.39, 0.29) is 0 Å². The first kappa shape index (κ1) is 11.0. The molecule has 3 rings (SSSR count). The Morgan fingerprint density at radius 1 is 1.22 bits per heavy atom. The number of pyridine rings is 1. The number of nitrogens with zero attached hydrogens (tertiary/aromatic N) is 2. The van der Waals surface area contributed by atoms with Crippen LogP contribution in [-0.2, 0) is 6.54 Å². The Morgan fingerprint density at radius 3 is 2.72 bits per heavy atom. The van der Waals surface area contributed by atoms with E-state index in [4.69, 9.17) is 0 Å². The van der Waals surface area contributed by atoms with Crippen molar-refractivity contribution in [3.8, 4) is 0 Å². The first-order valence-corrected chi connectivity index (χ1v) is 6.25. The molecule has 0 amide bonds. The number of fused-ring (bicyclic) bond motifs is 3. The molecule has 2 heterocycles. The molecule has 0 saturated carbocycles. The van der Waals surface area contributed by atoms with Crippen molar-refractivity contribution in [2.24, 2.45) is 0 Å². The van der Waals surface area contributed by atoms with Crippen LogP contribution in [0.15, 0.2) is 43.1 Å². The van der Waals surface area contributed by atoms with Crippen LogP contribution < -0.4 is 0 Å². The van der Waals surface area contributed by atoms with E-state index in [0.29, 0.717) is 0 Å². The van der Waals surface area contributed by atoms with Crippen LogP contribution in [0.3, 0.4) is 0 Å². The molecule has 2 aromatic heterocycles. The van der Waals surface area contributed by atoms with Crippen LogP contribution >= 0.6 is 0 Å². The molecule has 0 aliphatic carbocycles. The van der Waals surface area contributed by atoms with E-state index in [0.717, 1.165) is 17.8 Å². The molecular formula is C16H16N2. The maximum absolute atomic E-state index is 4.49.